The average molecular weight is 507 g/mol. The third-order valence-electron chi connectivity index (χ3n) is 5.95. The maximum atomic E-state index is 13.3. The van der Waals surface area contributed by atoms with Crippen molar-refractivity contribution < 1.29 is 13.2 Å². The van der Waals surface area contributed by atoms with Gasteiger partial charge in [0.25, 0.3) is 5.56 Å². The summed E-state index contributed by atoms with van der Waals surface area (Å²) >= 11 is 0. The van der Waals surface area contributed by atoms with Crippen molar-refractivity contribution in [1.82, 2.24) is 19.2 Å². The van der Waals surface area contributed by atoms with Gasteiger partial charge in [-0.2, -0.15) is 4.72 Å². The topological polar surface area (TPSA) is 119 Å². The molecule has 0 saturated heterocycles. The number of sulfonamides is 1. The van der Waals surface area contributed by atoms with Crippen molar-refractivity contribution in [2.75, 3.05) is 0 Å². The first-order valence-corrected chi connectivity index (χ1v) is 12.7. The van der Waals surface area contributed by atoms with Gasteiger partial charge in [0.05, 0.1) is 15.8 Å². The van der Waals surface area contributed by atoms with Gasteiger partial charge in [0.15, 0.2) is 0 Å². The third-order valence-corrected chi connectivity index (χ3v) is 7.42. The molecule has 4 aromatic rings. The molecule has 1 amide bonds. The molecule has 0 fully saturated rings. The second-order valence-electron chi connectivity index (χ2n) is 8.45. The fourth-order valence-corrected chi connectivity index (χ4v) is 5.16. The van der Waals surface area contributed by atoms with Gasteiger partial charge in [0, 0.05) is 20.6 Å². The molecule has 1 aromatic heterocycles. The van der Waals surface area contributed by atoms with Crippen molar-refractivity contribution in [2.24, 2.45) is 14.1 Å². The summed E-state index contributed by atoms with van der Waals surface area (Å²) in [6.07, 6.45) is 0.130. The van der Waals surface area contributed by atoms with E-state index < -0.39 is 33.2 Å². The van der Waals surface area contributed by atoms with Crippen molar-refractivity contribution in [3.63, 3.8) is 0 Å². The highest BCUT2D eigenvalue weighted by Crippen LogP contribution is 2.17. The maximum Gasteiger partial charge on any atom is 0.330 e. The summed E-state index contributed by atoms with van der Waals surface area (Å²) < 4.78 is 31.4. The zero-order valence-corrected chi connectivity index (χ0v) is 20.7. The highest BCUT2D eigenvalue weighted by Gasteiger charge is 2.27. The van der Waals surface area contributed by atoms with Crippen LogP contribution in [0.15, 0.2) is 93.3 Å². The van der Waals surface area contributed by atoms with Crippen LogP contribution in [0.25, 0.3) is 10.9 Å². The van der Waals surface area contributed by atoms with Crippen LogP contribution in [0, 0.1) is 0 Å². The van der Waals surface area contributed by atoms with Crippen molar-refractivity contribution in [1.29, 1.82) is 0 Å². The monoisotopic (exact) mass is 506 g/mol. The largest absolute Gasteiger partial charge is 0.351 e. The number of nitrogens with zero attached hydrogens (tertiary/aromatic N) is 2. The normalized spacial score (nSPS) is 12.4. The van der Waals surface area contributed by atoms with Crippen LogP contribution in [0.3, 0.4) is 0 Å². The molecule has 1 heterocycles. The molecule has 9 nitrogen and oxygen atoms in total. The van der Waals surface area contributed by atoms with Gasteiger partial charge in [0.1, 0.15) is 6.04 Å². The number of carbonyl (C=O) groups excluding carboxylic acids is 1. The smallest absolute Gasteiger partial charge is 0.330 e. The van der Waals surface area contributed by atoms with Crippen LogP contribution in [-0.4, -0.2) is 29.5 Å². The Labute approximate surface area is 208 Å². The average Bonchev–Trinajstić information content (AvgIpc) is 2.89. The second-order valence-corrected chi connectivity index (χ2v) is 10.2. The van der Waals surface area contributed by atoms with E-state index in [0.717, 1.165) is 15.7 Å². The van der Waals surface area contributed by atoms with Crippen molar-refractivity contribution in [3.05, 3.63) is 111 Å². The lowest BCUT2D eigenvalue weighted by atomic mass is 10.1. The fraction of sp³-hybridized carbons (Fsp3) is 0.192. The molecule has 0 spiro atoms. The Morgan fingerprint density at radius 2 is 1.47 bits per heavy atom. The lowest BCUT2D eigenvalue weighted by molar-refractivity contribution is -0.122. The molecule has 0 aliphatic rings. The Balaban J connectivity index is 1.66. The van der Waals surface area contributed by atoms with Crippen LogP contribution in [-0.2, 0) is 41.9 Å². The van der Waals surface area contributed by atoms with Crippen molar-refractivity contribution >= 4 is 26.8 Å². The van der Waals surface area contributed by atoms with Gasteiger partial charge in [-0.25, -0.2) is 13.2 Å². The lowest BCUT2D eigenvalue weighted by Crippen LogP contribution is -2.47. The van der Waals surface area contributed by atoms with Crippen LogP contribution in [0.1, 0.15) is 11.1 Å². The quantitative estimate of drug-likeness (QED) is 0.375. The van der Waals surface area contributed by atoms with Crippen molar-refractivity contribution in [3.8, 4) is 0 Å². The first-order chi connectivity index (χ1) is 17.2. The number of aryl methyl sites for hydroxylation is 1. The molecule has 10 heteroatoms. The van der Waals surface area contributed by atoms with Gasteiger partial charge < -0.3 is 5.32 Å². The van der Waals surface area contributed by atoms with E-state index in [1.807, 2.05) is 60.7 Å². The van der Waals surface area contributed by atoms with E-state index in [4.69, 9.17) is 0 Å². The van der Waals surface area contributed by atoms with Crippen LogP contribution in [0.2, 0.25) is 0 Å². The van der Waals surface area contributed by atoms with E-state index in [-0.39, 0.29) is 23.2 Å². The SMILES string of the molecule is Cn1c(=O)c2cc(S(=O)(=O)N[C@H](Cc3ccccc3)C(=O)NCc3ccccc3)ccc2n(C)c1=O. The number of aromatic nitrogens is 2. The summed E-state index contributed by atoms with van der Waals surface area (Å²) in [4.78, 5) is 37.7. The van der Waals surface area contributed by atoms with Crippen LogP contribution in [0.5, 0.6) is 0 Å². The molecular weight excluding hydrogens is 480 g/mol. The number of hydrogen-bond acceptors (Lipinski definition) is 5. The van der Waals surface area contributed by atoms with E-state index in [2.05, 4.69) is 10.0 Å². The Kier molecular flexibility index (Phi) is 7.18. The molecule has 186 valence electrons. The van der Waals surface area contributed by atoms with E-state index in [1.54, 1.807) is 0 Å². The Morgan fingerprint density at radius 3 is 2.11 bits per heavy atom. The summed E-state index contributed by atoms with van der Waals surface area (Å²) in [5, 5.41) is 2.88. The maximum absolute atomic E-state index is 13.3. The highest BCUT2D eigenvalue weighted by atomic mass is 32.2. The molecule has 0 aliphatic carbocycles. The van der Waals surface area contributed by atoms with Gasteiger partial charge in [-0.3, -0.25) is 18.7 Å². The molecule has 3 aromatic carbocycles. The van der Waals surface area contributed by atoms with Crippen LogP contribution < -0.4 is 21.3 Å². The number of amides is 1. The summed E-state index contributed by atoms with van der Waals surface area (Å²) in [5.41, 5.74) is 0.847. The molecule has 0 bridgehead atoms. The zero-order valence-electron chi connectivity index (χ0n) is 19.8. The van der Waals surface area contributed by atoms with Gasteiger partial charge in [-0.05, 0) is 35.7 Å². The summed E-state index contributed by atoms with van der Waals surface area (Å²) in [6, 6.07) is 21.2. The first kappa shape index (κ1) is 25.1. The molecule has 0 aliphatic heterocycles. The summed E-state index contributed by atoms with van der Waals surface area (Å²) in [5.74, 6) is -0.481. The number of benzene rings is 3. The van der Waals surface area contributed by atoms with E-state index in [1.165, 1.54) is 36.9 Å². The van der Waals surface area contributed by atoms with Gasteiger partial charge in [-0.1, -0.05) is 60.7 Å². The number of carbonyl (C=O) groups is 1. The Hall–Kier alpha value is -4.02. The minimum Gasteiger partial charge on any atom is -0.351 e. The lowest BCUT2D eigenvalue weighted by Gasteiger charge is -2.19. The number of hydrogen-bond donors (Lipinski definition) is 2. The number of rotatable bonds is 8. The number of nitrogens with one attached hydrogen (secondary N) is 2. The molecule has 0 radical (unpaired) electrons. The standard InChI is InChI=1S/C26H26N4O5S/c1-29-23-14-13-20(16-21(23)25(32)30(2)26(29)33)36(34,35)28-22(15-18-9-5-3-6-10-18)24(31)27-17-19-11-7-4-8-12-19/h3-14,16,22,28H,15,17H2,1-2H3,(H,27,31)/t22-/m1/s1. The van der Waals surface area contributed by atoms with Gasteiger partial charge in [-0.15, -0.1) is 0 Å². The predicted molar refractivity (Wildman–Crippen MR) is 137 cm³/mol. The summed E-state index contributed by atoms with van der Waals surface area (Å²) in [6.45, 7) is 0.243. The second kappa shape index (κ2) is 10.3. The van der Waals surface area contributed by atoms with E-state index in [9.17, 15) is 22.8 Å². The minimum atomic E-state index is -4.20. The van der Waals surface area contributed by atoms with Crippen LogP contribution >= 0.6 is 0 Å². The third kappa shape index (κ3) is 5.29. The molecule has 0 unspecified atom stereocenters. The molecule has 4 rings (SSSR count). The van der Waals surface area contributed by atoms with Gasteiger partial charge >= 0.3 is 5.69 Å². The first-order valence-electron chi connectivity index (χ1n) is 11.2. The number of fused-ring (bicyclic) bond motifs is 1. The summed E-state index contributed by atoms with van der Waals surface area (Å²) in [7, 11) is -1.36. The molecular formula is C26H26N4O5S. The highest BCUT2D eigenvalue weighted by molar-refractivity contribution is 7.89. The molecule has 2 N–H and O–H groups in total. The molecule has 36 heavy (non-hydrogen) atoms. The van der Waals surface area contributed by atoms with E-state index >= 15 is 0 Å². The predicted octanol–water partition coefficient (Wildman–Crippen LogP) is 1.44. The molecule has 1 atom stereocenters. The molecule has 0 saturated carbocycles. The minimum absolute atomic E-state index is 0.0793. The van der Waals surface area contributed by atoms with E-state index in [0.29, 0.717) is 5.52 Å². The van der Waals surface area contributed by atoms with Gasteiger partial charge in [0.2, 0.25) is 15.9 Å². The zero-order chi connectivity index (χ0) is 25.9. The Bertz CT molecular complexity index is 1630. The van der Waals surface area contributed by atoms with Crippen LogP contribution in [0.4, 0.5) is 0 Å². The fourth-order valence-electron chi connectivity index (χ4n) is 3.94. The van der Waals surface area contributed by atoms with Crippen molar-refractivity contribution in [2.45, 2.75) is 23.9 Å². The Morgan fingerprint density at radius 1 is 0.861 bits per heavy atom.